The second-order valence-electron chi connectivity index (χ2n) is 6.70. The lowest BCUT2D eigenvalue weighted by Gasteiger charge is -2.35. The summed E-state index contributed by atoms with van der Waals surface area (Å²) in [4.78, 5) is 15.1. The van der Waals surface area contributed by atoms with Crippen LogP contribution in [0.5, 0.6) is 0 Å². The van der Waals surface area contributed by atoms with Gasteiger partial charge in [0, 0.05) is 13.1 Å². The van der Waals surface area contributed by atoms with Crippen LogP contribution in [0, 0.1) is 5.41 Å². The van der Waals surface area contributed by atoms with Crippen molar-refractivity contribution < 1.29 is 4.79 Å². The first kappa shape index (κ1) is 18.0. The number of hydrogen-bond donors (Lipinski definition) is 2. The molecule has 4 heteroatoms. The minimum atomic E-state index is -0.275. The summed E-state index contributed by atoms with van der Waals surface area (Å²) in [6.07, 6.45) is 2.04. The maximum absolute atomic E-state index is 12.7. The lowest BCUT2D eigenvalue weighted by molar-refractivity contribution is -0.131. The maximum Gasteiger partial charge on any atom is 0.227 e. The van der Waals surface area contributed by atoms with Crippen LogP contribution in [0.25, 0.3) is 0 Å². The van der Waals surface area contributed by atoms with Gasteiger partial charge in [-0.05, 0) is 45.0 Å². The molecule has 2 unspecified atom stereocenters. The van der Waals surface area contributed by atoms with Gasteiger partial charge >= 0.3 is 0 Å². The van der Waals surface area contributed by atoms with Gasteiger partial charge in [-0.3, -0.25) is 9.69 Å². The highest BCUT2D eigenvalue weighted by Gasteiger charge is 2.34. The average Bonchev–Trinajstić information content (AvgIpc) is 2.59. The SMILES string of the molecule is CCN(CC)C(CNC(=O)C1(C)CCCNC1)c1ccccc1. The molecule has 2 atom stereocenters. The molecule has 0 saturated carbocycles. The predicted molar refractivity (Wildman–Crippen MR) is 95.3 cm³/mol. The van der Waals surface area contributed by atoms with Crippen LogP contribution in [0.1, 0.15) is 45.2 Å². The van der Waals surface area contributed by atoms with Crippen molar-refractivity contribution in [2.45, 2.75) is 39.7 Å². The lowest BCUT2D eigenvalue weighted by atomic mass is 9.82. The molecule has 1 heterocycles. The van der Waals surface area contributed by atoms with Gasteiger partial charge in [0.15, 0.2) is 0 Å². The van der Waals surface area contributed by atoms with E-state index >= 15 is 0 Å². The Bertz CT molecular complexity index is 479. The topological polar surface area (TPSA) is 44.4 Å². The van der Waals surface area contributed by atoms with Gasteiger partial charge < -0.3 is 10.6 Å². The molecule has 0 radical (unpaired) electrons. The minimum Gasteiger partial charge on any atom is -0.354 e. The Kier molecular flexibility index (Phi) is 6.60. The first-order valence-electron chi connectivity index (χ1n) is 8.88. The fourth-order valence-electron chi connectivity index (χ4n) is 3.45. The highest BCUT2D eigenvalue weighted by molar-refractivity contribution is 5.82. The zero-order valence-electron chi connectivity index (χ0n) is 14.8. The molecule has 1 aromatic rings. The predicted octanol–water partition coefficient (Wildman–Crippen LogP) is 2.58. The molecule has 0 aliphatic carbocycles. The molecule has 1 aliphatic rings. The van der Waals surface area contributed by atoms with Gasteiger partial charge in [-0.1, -0.05) is 44.2 Å². The Morgan fingerprint density at radius 3 is 2.57 bits per heavy atom. The summed E-state index contributed by atoms with van der Waals surface area (Å²) in [6.45, 7) is 10.8. The molecule has 4 nitrogen and oxygen atoms in total. The van der Waals surface area contributed by atoms with E-state index in [4.69, 9.17) is 0 Å². The molecular weight excluding hydrogens is 286 g/mol. The first-order valence-corrected chi connectivity index (χ1v) is 8.88. The van der Waals surface area contributed by atoms with Crippen molar-refractivity contribution in [3.8, 4) is 0 Å². The van der Waals surface area contributed by atoms with Gasteiger partial charge in [-0.25, -0.2) is 0 Å². The molecule has 23 heavy (non-hydrogen) atoms. The number of nitrogens with zero attached hydrogens (tertiary/aromatic N) is 1. The van der Waals surface area contributed by atoms with Gasteiger partial charge in [-0.15, -0.1) is 0 Å². The van der Waals surface area contributed by atoms with Crippen LogP contribution in [0.4, 0.5) is 0 Å². The number of piperidine rings is 1. The van der Waals surface area contributed by atoms with E-state index < -0.39 is 0 Å². The third-order valence-electron chi connectivity index (χ3n) is 5.04. The summed E-state index contributed by atoms with van der Waals surface area (Å²) in [6, 6.07) is 10.7. The monoisotopic (exact) mass is 317 g/mol. The summed E-state index contributed by atoms with van der Waals surface area (Å²) in [5.41, 5.74) is 0.992. The van der Waals surface area contributed by atoms with Crippen molar-refractivity contribution in [2.24, 2.45) is 5.41 Å². The van der Waals surface area contributed by atoms with Gasteiger partial charge in [0.25, 0.3) is 0 Å². The average molecular weight is 317 g/mol. The van der Waals surface area contributed by atoms with Crippen LogP contribution in [-0.4, -0.2) is 43.5 Å². The van der Waals surface area contributed by atoms with E-state index in [1.165, 1.54) is 5.56 Å². The summed E-state index contributed by atoms with van der Waals surface area (Å²) < 4.78 is 0. The van der Waals surface area contributed by atoms with Gasteiger partial charge in [0.2, 0.25) is 5.91 Å². The van der Waals surface area contributed by atoms with Crippen molar-refractivity contribution in [1.82, 2.24) is 15.5 Å². The second kappa shape index (κ2) is 8.46. The van der Waals surface area contributed by atoms with E-state index in [0.29, 0.717) is 6.54 Å². The molecule has 1 amide bonds. The molecule has 0 aromatic heterocycles. The summed E-state index contributed by atoms with van der Waals surface area (Å²) in [5.74, 6) is 0.179. The Morgan fingerprint density at radius 1 is 1.30 bits per heavy atom. The largest absolute Gasteiger partial charge is 0.354 e. The number of hydrogen-bond acceptors (Lipinski definition) is 3. The van der Waals surface area contributed by atoms with Crippen molar-refractivity contribution in [2.75, 3.05) is 32.7 Å². The van der Waals surface area contributed by atoms with Crippen LogP contribution >= 0.6 is 0 Å². The first-order chi connectivity index (χ1) is 11.1. The van der Waals surface area contributed by atoms with Gasteiger partial charge in [0.1, 0.15) is 0 Å². The molecule has 1 saturated heterocycles. The van der Waals surface area contributed by atoms with Crippen molar-refractivity contribution >= 4 is 5.91 Å². The van der Waals surface area contributed by atoms with E-state index in [1.54, 1.807) is 0 Å². The van der Waals surface area contributed by atoms with E-state index in [9.17, 15) is 4.79 Å². The Labute approximate surface area is 140 Å². The third kappa shape index (κ3) is 4.55. The van der Waals surface area contributed by atoms with Crippen LogP contribution in [0.2, 0.25) is 0 Å². The molecular formula is C19H31N3O. The van der Waals surface area contributed by atoms with E-state index in [1.807, 2.05) is 6.07 Å². The number of likely N-dealkylation sites (N-methyl/N-ethyl adjacent to an activating group) is 1. The smallest absolute Gasteiger partial charge is 0.227 e. The van der Waals surface area contributed by atoms with Crippen LogP contribution in [0.15, 0.2) is 30.3 Å². The number of carbonyl (C=O) groups excluding carboxylic acids is 1. The fraction of sp³-hybridized carbons (Fsp3) is 0.632. The third-order valence-corrected chi connectivity index (χ3v) is 5.04. The minimum absolute atomic E-state index is 0.179. The molecule has 2 rings (SSSR count). The second-order valence-corrected chi connectivity index (χ2v) is 6.70. The van der Waals surface area contributed by atoms with Crippen LogP contribution in [-0.2, 0) is 4.79 Å². The Balaban J connectivity index is 2.04. The van der Waals surface area contributed by atoms with Crippen molar-refractivity contribution in [3.63, 3.8) is 0 Å². The molecule has 1 fully saturated rings. The zero-order chi connectivity index (χ0) is 16.7. The number of nitrogens with one attached hydrogen (secondary N) is 2. The van der Waals surface area contributed by atoms with Gasteiger partial charge in [0.05, 0.1) is 11.5 Å². The van der Waals surface area contributed by atoms with Gasteiger partial charge in [-0.2, -0.15) is 0 Å². The fourth-order valence-corrected chi connectivity index (χ4v) is 3.45. The van der Waals surface area contributed by atoms with Crippen LogP contribution < -0.4 is 10.6 Å². The summed E-state index contributed by atoms with van der Waals surface area (Å²) in [5, 5.41) is 6.57. The molecule has 128 valence electrons. The quantitative estimate of drug-likeness (QED) is 0.812. The molecule has 1 aromatic carbocycles. The standard InChI is InChI=1S/C19H31N3O/c1-4-22(5-2)17(16-10-7-6-8-11-16)14-21-18(23)19(3)12-9-13-20-15-19/h6-8,10-11,17,20H,4-5,9,12-15H2,1-3H3,(H,21,23). The van der Waals surface area contributed by atoms with Crippen molar-refractivity contribution in [1.29, 1.82) is 0 Å². The van der Waals surface area contributed by atoms with Crippen LogP contribution in [0.3, 0.4) is 0 Å². The summed E-state index contributed by atoms with van der Waals surface area (Å²) >= 11 is 0. The lowest BCUT2D eigenvalue weighted by Crippen LogP contribution is -2.50. The summed E-state index contributed by atoms with van der Waals surface area (Å²) in [7, 11) is 0. The Hall–Kier alpha value is -1.39. The highest BCUT2D eigenvalue weighted by atomic mass is 16.2. The highest BCUT2D eigenvalue weighted by Crippen LogP contribution is 2.26. The zero-order valence-corrected chi connectivity index (χ0v) is 14.8. The normalized spacial score (nSPS) is 22.8. The maximum atomic E-state index is 12.7. The number of amides is 1. The molecule has 0 bridgehead atoms. The van der Waals surface area contributed by atoms with Crippen molar-refractivity contribution in [3.05, 3.63) is 35.9 Å². The molecule has 0 spiro atoms. The van der Waals surface area contributed by atoms with E-state index in [2.05, 4.69) is 60.6 Å². The van der Waals surface area contributed by atoms with E-state index in [0.717, 1.165) is 39.0 Å². The number of carbonyl (C=O) groups is 1. The molecule has 1 aliphatic heterocycles. The number of rotatable bonds is 7. The molecule has 2 N–H and O–H groups in total. The number of benzene rings is 1. The Morgan fingerprint density at radius 2 is 2.00 bits per heavy atom. The van der Waals surface area contributed by atoms with E-state index in [-0.39, 0.29) is 17.4 Å².